The van der Waals surface area contributed by atoms with E-state index in [1.54, 1.807) is 0 Å². The first-order valence-electron chi connectivity index (χ1n) is 6.19. The maximum Gasteiger partial charge on any atom is 0.106 e. The number of nitrogens with one attached hydrogen (secondary N) is 2. The molecule has 1 fully saturated rings. The topological polar surface area (TPSA) is 40.7 Å². The van der Waals surface area contributed by atoms with Crippen LogP contribution in [-0.4, -0.2) is 23.1 Å². The van der Waals surface area contributed by atoms with Gasteiger partial charge in [0.15, 0.2) is 0 Å². The second-order valence-corrected chi connectivity index (χ2v) is 4.88. The summed E-state index contributed by atoms with van der Waals surface area (Å²) in [5.74, 6) is 2.03. The molecule has 3 rings (SSSR count). The molecule has 0 aromatic carbocycles. The van der Waals surface area contributed by atoms with Gasteiger partial charge in [-0.3, -0.25) is 0 Å². The van der Waals surface area contributed by atoms with E-state index in [1.165, 1.54) is 62.4 Å². The van der Waals surface area contributed by atoms with Crippen LogP contribution in [0, 0.1) is 5.92 Å². The van der Waals surface area contributed by atoms with Crippen molar-refractivity contribution in [3.05, 3.63) is 17.2 Å². The average molecular weight is 205 g/mol. The number of hydrogen-bond donors (Lipinski definition) is 2. The van der Waals surface area contributed by atoms with Crippen molar-refractivity contribution in [2.75, 3.05) is 13.1 Å². The second-order valence-electron chi connectivity index (χ2n) is 4.88. The lowest BCUT2D eigenvalue weighted by molar-refractivity contribution is 0.371. The average Bonchev–Trinajstić information content (AvgIpc) is 2.79. The fourth-order valence-electron chi connectivity index (χ4n) is 2.82. The van der Waals surface area contributed by atoms with Crippen LogP contribution in [0.25, 0.3) is 0 Å². The molecule has 1 saturated heterocycles. The highest BCUT2D eigenvalue weighted by molar-refractivity contribution is 5.19. The monoisotopic (exact) mass is 205 g/mol. The number of hydrogen-bond acceptors (Lipinski definition) is 2. The number of aromatic amines is 1. The van der Waals surface area contributed by atoms with Gasteiger partial charge in [0, 0.05) is 12.1 Å². The van der Waals surface area contributed by atoms with Crippen molar-refractivity contribution in [2.24, 2.45) is 5.92 Å². The minimum Gasteiger partial charge on any atom is -0.346 e. The Balaban J connectivity index is 1.66. The van der Waals surface area contributed by atoms with Gasteiger partial charge in [0.1, 0.15) is 5.82 Å². The fraction of sp³-hybridized carbons (Fsp3) is 0.750. The lowest BCUT2D eigenvalue weighted by atomic mass is 9.96. The first kappa shape index (κ1) is 9.40. The number of imidazole rings is 1. The summed E-state index contributed by atoms with van der Waals surface area (Å²) >= 11 is 0. The molecule has 15 heavy (non-hydrogen) atoms. The van der Waals surface area contributed by atoms with Crippen molar-refractivity contribution >= 4 is 0 Å². The highest BCUT2D eigenvalue weighted by atomic mass is 14.9. The van der Waals surface area contributed by atoms with E-state index in [0.717, 1.165) is 12.3 Å². The first-order chi connectivity index (χ1) is 7.42. The lowest BCUT2D eigenvalue weighted by Gasteiger charge is -2.21. The summed E-state index contributed by atoms with van der Waals surface area (Å²) in [6.45, 7) is 2.37. The predicted molar refractivity (Wildman–Crippen MR) is 59.9 cm³/mol. The molecule has 1 unspecified atom stereocenters. The van der Waals surface area contributed by atoms with Gasteiger partial charge in [-0.1, -0.05) is 0 Å². The van der Waals surface area contributed by atoms with Gasteiger partial charge in [0.2, 0.25) is 0 Å². The number of aryl methyl sites for hydroxylation is 2. The van der Waals surface area contributed by atoms with Gasteiger partial charge in [-0.15, -0.1) is 0 Å². The third kappa shape index (κ3) is 1.93. The standard InChI is InChI=1S/C12H19N3/c1-4-10-11(5-1)15-12(14-10)7-9-3-2-6-13-8-9/h9,13H,1-8H2,(H,14,15). The summed E-state index contributed by atoms with van der Waals surface area (Å²) in [6, 6.07) is 0. The second kappa shape index (κ2) is 3.97. The van der Waals surface area contributed by atoms with Crippen LogP contribution in [0.15, 0.2) is 0 Å². The highest BCUT2D eigenvalue weighted by Crippen LogP contribution is 2.21. The van der Waals surface area contributed by atoms with Gasteiger partial charge in [0.05, 0.1) is 5.69 Å². The zero-order valence-electron chi connectivity index (χ0n) is 9.18. The number of piperidine rings is 1. The van der Waals surface area contributed by atoms with Gasteiger partial charge in [-0.25, -0.2) is 4.98 Å². The molecule has 82 valence electrons. The van der Waals surface area contributed by atoms with Crippen molar-refractivity contribution in [3.8, 4) is 0 Å². The molecule has 0 spiro atoms. The molecule has 1 aliphatic heterocycles. The van der Waals surface area contributed by atoms with Crippen LogP contribution >= 0.6 is 0 Å². The Labute approximate surface area is 90.7 Å². The third-order valence-corrected chi connectivity index (χ3v) is 3.63. The Morgan fingerprint density at radius 2 is 2.27 bits per heavy atom. The molecule has 2 N–H and O–H groups in total. The molecule has 1 aliphatic carbocycles. The molecule has 2 aliphatic rings. The van der Waals surface area contributed by atoms with Crippen LogP contribution in [-0.2, 0) is 19.3 Å². The van der Waals surface area contributed by atoms with E-state index in [0.29, 0.717) is 0 Å². The van der Waals surface area contributed by atoms with Gasteiger partial charge in [-0.2, -0.15) is 0 Å². The van der Waals surface area contributed by atoms with E-state index in [2.05, 4.69) is 10.3 Å². The molecule has 0 saturated carbocycles. The van der Waals surface area contributed by atoms with Crippen LogP contribution in [0.3, 0.4) is 0 Å². The number of nitrogens with zero attached hydrogens (tertiary/aromatic N) is 1. The van der Waals surface area contributed by atoms with Crippen LogP contribution in [0.5, 0.6) is 0 Å². The van der Waals surface area contributed by atoms with Gasteiger partial charge < -0.3 is 10.3 Å². The van der Waals surface area contributed by atoms with E-state index < -0.39 is 0 Å². The van der Waals surface area contributed by atoms with Crippen LogP contribution in [0.2, 0.25) is 0 Å². The first-order valence-corrected chi connectivity index (χ1v) is 6.19. The summed E-state index contributed by atoms with van der Waals surface area (Å²) in [4.78, 5) is 8.20. The highest BCUT2D eigenvalue weighted by Gasteiger charge is 2.19. The van der Waals surface area contributed by atoms with E-state index in [4.69, 9.17) is 4.98 Å². The third-order valence-electron chi connectivity index (χ3n) is 3.63. The Kier molecular flexibility index (Phi) is 2.49. The predicted octanol–water partition coefficient (Wildman–Crippen LogP) is 1.44. The van der Waals surface area contributed by atoms with Crippen molar-refractivity contribution in [1.29, 1.82) is 0 Å². The van der Waals surface area contributed by atoms with E-state index in [-0.39, 0.29) is 0 Å². The summed E-state index contributed by atoms with van der Waals surface area (Å²) in [7, 11) is 0. The fourth-order valence-corrected chi connectivity index (χ4v) is 2.82. The van der Waals surface area contributed by atoms with Crippen molar-refractivity contribution in [3.63, 3.8) is 0 Å². The number of fused-ring (bicyclic) bond motifs is 1. The Hall–Kier alpha value is -0.830. The van der Waals surface area contributed by atoms with Crippen molar-refractivity contribution in [1.82, 2.24) is 15.3 Å². The largest absolute Gasteiger partial charge is 0.346 e. The Morgan fingerprint density at radius 1 is 1.27 bits per heavy atom. The van der Waals surface area contributed by atoms with Gasteiger partial charge >= 0.3 is 0 Å². The van der Waals surface area contributed by atoms with E-state index in [1.807, 2.05) is 0 Å². The van der Waals surface area contributed by atoms with Crippen LogP contribution < -0.4 is 5.32 Å². The molecular weight excluding hydrogens is 186 g/mol. The molecule has 0 amide bonds. The normalized spacial score (nSPS) is 25.5. The molecule has 2 heterocycles. The molecular formula is C12H19N3. The van der Waals surface area contributed by atoms with E-state index >= 15 is 0 Å². The Morgan fingerprint density at radius 3 is 3.07 bits per heavy atom. The molecule has 0 bridgehead atoms. The minimum absolute atomic E-state index is 0.796. The van der Waals surface area contributed by atoms with Crippen LogP contribution in [0.1, 0.15) is 36.5 Å². The summed E-state index contributed by atoms with van der Waals surface area (Å²) in [5.41, 5.74) is 2.75. The lowest BCUT2D eigenvalue weighted by Crippen LogP contribution is -2.31. The summed E-state index contributed by atoms with van der Waals surface area (Å²) < 4.78 is 0. The number of rotatable bonds is 2. The maximum absolute atomic E-state index is 4.70. The number of aromatic nitrogens is 2. The minimum atomic E-state index is 0.796. The molecule has 1 aromatic heterocycles. The summed E-state index contributed by atoms with van der Waals surface area (Å²) in [6.07, 6.45) is 7.52. The molecule has 1 aromatic rings. The van der Waals surface area contributed by atoms with Crippen molar-refractivity contribution in [2.45, 2.75) is 38.5 Å². The quantitative estimate of drug-likeness (QED) is 0.767. The smallest absolute Gasteiger partial charge is 0.106 e. The zero-order valence-corrected chi connectivity index (χ0v) is 9.18. The number of H-pyrrole nitrogens is 1. The zero-order chi connectivity index (χ0) is 10.1. The summed E-state index contributed by atoms with van der Waals surface area (Å²) in [5, 5.41) is 3.46. The maximum atomic E-state index is 4.70. The van der Waals surface area contributed by atoms with Gasteiger partial charge in [0.25, 0.3) is 0 Å². The molecule has 0 radical (unpaired) electrons. The molecule has 3 nitrogen and oxygen atoms in total. The SMILES string of the molecule is C1Cc2nc(CC3CCCNC3)[nH]c2C1. The van der Waals surface area contributed by atoms with Crippen molar-refractivity contribution < 1.29 is 0 Å². The van der Waals surface area contributed by atoms with Crippen LogP contribution in [0.4, 0.5) is 0 Å². The molecule has 3 heteroatoms. The van der Waals surface area contributed by atoms with Gasteiger partial charge in [-0.05, 0) is 51.1 Å². The Bertz CT molecular complexity index is 315. The molecule has 1 atom stereocenters. The van der Waals surface area contributed by atoms with E-state index in [9.17, 15) is 0 Å².